The van der Waals surface area contributed by atoms with E-state index in [0.717, 1.165) is 30.6 Å². The van der Waals surface area contributed by atoms with Crippen molar-refractivity contribution in [2.75, 3.05) is 13.1 Å². The fourth-order valence-corrected chi connectivity index (χ4v) is 4.10. The zero-order valence-electron chi connectivity index (χ0n) is 15.4. The Bertz CT molecular complexity index is 500. The van der Waals surface area contributed by atoms with E-state index in [9.17, 15) is 14.4 Å². The highest BCUT2D eigenvalue weighted by molar-refractivity contribution is 6.08. The molecule has 136 valence electrons. The first-order valence-corrected chi connectivity index (χ1v) is 9.22. The van der Waals surface area contributed by atoms with Gasteiger partial charge in [-0.3, -0.25) is 14.5 Å². The molecule has 1 aliphatic heterocycles. The van der Waals surface area contributed by atoms with Gasteiger partial charge in [-0.05, 0) is 39.0 Å². The van der Waals surface area contributed by atoms with Crippen LogP contribution in [0.4, 0.5) is 4.79 Å². The van der Waals surface area contributed by atoms with Crippen LogP contribution in [-0.4, -0.2) is 52.3 Å². The van der Waals surface area contributed by atoms with Crippen molar-refractivity contribution < 1.29 is 14.4 Å². The second-order valence-electron chi connectivity index (χ2n) is 7.72. The predicted molar refractivity (Wildman–Crippen MR) is 92.4 cm³/mol. The monoisotopic (exact) mass is 337 g/mol. The zero-order valence-corrected chi connectivity index (χ0v) is 15.4. The van der Waals surface area contributed by atoms with Crippen LogP contribution in [0, 0.1) is 5.92 Å². The minimum absolute atomic E-state index is 0.123. The normalized spacial score (nSPS) is 25.3. The number of hydrogen-bond acceptors (Lipinski definition) is 3. The smallest absolute Gasteiger partial charge is 0.325 e. The number of rotatable bonds is 6. The summed E-state index contributed by atoms with van der Waals surface area (Å²) in [7, 11) is 0. The van der Waals surface area contributed by atoms with Gasteiger partial charge in [0.1, 0.15) is 12.1 Å². The fourth-order valence-electron chi connectivity index (χ4n) is 4.10. The molecule has 2 fully saturated rings. The lowest BCUT2D eigenvalue weighted by Crippen LogP contribution is -2.49. The molecule has 1 N–H and O–H groups in total. The number of nitrogens with zero attached hydrogens (tertiary/aromatic N) is 2. The van der Waals surface area contributed by atoms with E-state index in [4.69, 9.17) is 0 Å². The molecule has 6 nitrogen and oxygen atoms in total. The molecule has 24 heavy (non-hydrogen) atoms. The van der Waals surface area contributed by atoms with E-state index in [1.807, 2.05) is 25.7 Å². The molecule has 0 aromatic rings. The van der Waals surface area contributed by atoms with Gasteiger partial charge >= 0.3 is 6.03 Å². The van der Waals surface area contributed by atoms with Gasteiger partial charge in [-0.25, -0.2) is 4.79 Å². The van der Waals surface area contributed by atoms with Gasteiger partial charge in [-0.2, -0.15) is 0 Å². The molecular weight excluding hydrogens is 306 g/mol. The minimum Gasteiger partial charge on any atom is -0.338 e. The van der Waals surface area contributed by atoms with Gasteiger partial charge in [0.2, 0.25) is 5.91 Å². The molecule has 2 aliphatic rings. The van der Waals surface area contributed by atoms with Crippen molar-refractivity contribution in [3.8, 4) is 0 Å². The summed E-state index contributed by atoms with van der Waals surface area (Å²) in [4.78, 5) is 40.5. The maximum atomic E-state index is 12.7. The van der Waals surface area contributed by atoms with E-state index in [-0.39, 0.29) is 30.3 Å². The summed E-state index contributed by atoms with van der Waals surface area (Å²) >= 11 is 0. The Labute approximate surface area is 144 Å². The van der Waals surface area contributed by atoms with Gasteiger partial charge in [-0.15, -0.1) is 0 Å². The van der Waals surface area contributed by atoms with Crippen LogP contribution in [0.5, 0.6) is 0 Å². The number of nitrogens with one attached hydrogen (secondary N) is 1. The second kappa shape index (κ2) is 7.53. The summed E-state index contributed by atoms with van der Waals surface area (Å²) in [6, 6.07) is -0.199. The van der Waals surface area contributed by atoms with Crippen molar-refractivity contribution in [3.05, 3.63) is 0 Å². The summed E-state index contributed by atoms with van der Waals surface area (Å²) in [5.41, 5.74) is -0.895. The molecule has 0 bridgehead atoms. The molecule has 6 heteroatoms. The number of imide groups is 1. The average molecular weight is 337 g/mol. The highest BCUT2D eigenvalue weighted by atomic mass is 16.2. The number of amides is 4. The third-order valence-corrected chi connectivity index (χ3v) is 5.13. The molecule has 1 atom stereocenters. The lowest BCUT2D eigenvalue weighted by Gasteiger charge is -2.34. The number of likely N-dealkylation sites (N-methyl/N-ethyl adjacent to an activating group) is 1. The molecule has 1 saturated heterocycles. The molecule has 1 heterocycles. The first-order chi connectivity index (χ1) is 11.3. The summed E-state index contributed by atoms with van der Waals surface area (Å²) < 4.78 is 0. The van der Waals surface area contributed by atoms with Crippen LogP contribution in [-0.2, 0) is 9.59 Å². The summed E-state index contributed by atoms with van der Waals surface area (Å²) in [5, 5.41) is 2.77. The first-order valence-electron chi connectivity index (χ1n) is 9.22. The molecule has 1 unspecified atom stereocenters. The van der Waals surface area contributed by atoms with Gasteiger partial charge in [0, 0.05) is 12.6 Å². The van der Waals surface area contributed by atoms with Crippen LogP contribution in [0.3, 0.4) is 0 Å². The number of carbonyl (C=O) groups excluding carboxylic acids is 3. The summed E-state index contributed by atoms with van der Waals surface area (Å²) in [6.07, 6.45) is 6.12. The first kappa shape index (κ1) is 18.7. The van der Waals surface area contributed by atoms with E-state index in [2.05, 4.69) is 5.32 Å². The van der Waals surface area contributed by atoms with Crippen molar-refractivity contribution in [2.45, 2.75) is 77.8 Å². The van der Waals surface area contributed by atoms with E-state index >= 15 is 0 Å². The van der Waals surface area contributed by atoms with Gasteiger partial charge in [0.05, 0.1) is 0 Å². The second-order valence-corrected chi connectivity index (χ2v) is 7.72. The fraction of sp³-hybridized carbons (Fsp3) is 0.833. The van der Waals surface area contributed by atoms with E-state index in [1.54, 1.807) is 6.92 Å². The Kier molecular flexibility index (Phi) is 5.88. The Balaban J connectivity index is 2.04. The van der Waals surface area contributed by atoms with Crippen molar-refractivity contribution in [3.63, 3.8) is 0 Å². The summed E-state index contributed by atoms with van der Waals surface area (Å²) in [6.45, 7) is 8.21. The average Bonchev–Trinajstić information content (AvgIpc) is 2.71. The Hall–Kier alpha value is -1.59. The third kappa shape index (κ3) is 3.90. The molecule has 1 saturated carbocycles. The van der Waals surface area contributed by atoms with Crippen LogP contribution in [0.1, 0.15) is 66.2 Å². The Morgan fingerprint density at radius 1 is 1.29 bits per heavy atom. The van der Waals surface area contributed by atoms with Gasteiger partial charge in [0.25, 0.3) is 5.91 Å². The van der Waals surface area contributed by atoms with Gasteiger partial charge in [-0.1, -0.05) is 33.1 Å². The predicted octanol–water partition coefficient (Wildman–Crippen LogP) is 2.52. The molecule has 0 radical (unpaired) electrons. The SMILES string of the molecule is CCN(C(=O)CN1C(=O)NC(C)(CC(C)C)C1=O)C1CCCCC1. The van der Waals surface area contributed by atoms with Crippen molar-refractivity contribution in [1.82, 2.24) is 15.1 Å². The zero-order chi connectivity index (χ0) is 17.9. The highest BCUT2D eigenvalue weighted by Gasteiger charge is 2.48. The lowest BCUT2D eigenvalue weighted by atomic mass is 9.91. The van der Waals surface area contributed by atoms with Crippen molar-refractivity contribution in [2.24, 2.45) is 5.92 Å². The summed E-state index contributed by atoms with van der Waals surface area (Å²) in [5.74, 6) is -0.125. The van der Waals surface area contributed by atoms with E-state index in [0.29, 0.717) is 13.0 Å². The molecule has 2 rings (SSSR count). The van der Waals surface area contributed by atoms with Crippen molar-refractivity contribution >= 4 is 17.8 Å². The number of hydrogen-bond donors (Lipinski definition) is 1. The molecular formula is C18H31N3O3. The van der Waals surface area contributed by atoms with Gasteiger partial charge < -0.3 is 10.2 Å². The number of urea groups is 1. The maximum absolute atomic E-state index is 12.7. The van der Waals surface area contributed by atoms with Crippen LogP contribution >= 0.6 is 0 Å². The molecule has 1 aliphatic carbocycles. The standard InChI is InChI=1S/C18H31N3O3/c1-5-20(14-9-7-6-8-10-14)15(22)12-21-16(23)18(4,11-13(2)3)19-17(21)24/h13-14H,5-12H2,1-4H3,(H,19,24). The molecule has 0 spiro atoms. The minimum atomic E-state index is -0.895. The number of carbonyl (C=O) groups is 3. The van der Waals surface area contributed by atoms with Crippen LogP contribution in [0.15, 0.2) is 0 Å². The van der Waals surface area contributed by atoms with Crippen LogP contribution < -0.4 is 5.32 Å². The molecule has 0 aromatic carbocycles. The largest absolute Gasteiger partial charge is 0.338 e. The maximum Gasteiger partial charge on any atom is 0.325 e. The van der Waals surface area contributed by atoms with Gasteiger partial charge in [0.15, 0.2) is 0 Å². The van der Waals surface area contributed by atoms with Crippen LogP contribution in [0.2, 0.25) is 0 Å². The Morgan fingerprint density at radius 2 is 1.92 bits per heavy atom. The van der Waals surface area contributed by atoms with E-state index in [1.165, 1.54) is 6.42 Å². The highest BCUT2D eigenvalue weighted by Crippen LogP contribution is 2.26. The quantitative estimate of drug-likeness (QED) is 0.757. The third-order valence-electron chi connectivity index (χ3n) is 5.13. The van der Waals surface area contributed by atoms with E-state index < -0.39 is 11.6 Å². The Morgan fingerprint density at radius 3 is 2.46 bits per heavy atom. The molecule has 4 amide bonds. The van der Waals surface area contributed by atoms with Crippen molar-refractivity contribution in [1.29, 1.82) is 0 Å². The molecule has 0 aromatic heterocycles. The lowest BCUT2D eigenvalue weighted by molar-refractivity contribution is -0.140. The van der Waals surface area contributed by atoms with Crippen LogP contribution in [0.25, 0.3) is 0 Å². The topological polar surface area (TPSA) is 69.7 Å².